The van der Waals surface area contributed by atoms with Gasteiger partial charge in [0.1, 0.15) is 0 Å². The quantitative estimate of drug-likeness (QED) is 0.470. The van der Waals surface area contributed by atoms with Crippen LogP contribution in [0.3, 0.4) is 0 Å². The summed E-state index contributed by atoms with van der Waals surface area (Å²) in [7, 11) is 0. The average molecular weight is 399 g/mol. The fourth-order valence-electron chi connectivity index (χ4n) is 6.50. The highest BCUT2D eigenvalue weighted by Gasteiger charge is 2.50. The van der Waals surface area contributed by atoms with Crippen molar-refractivity contribution in [3.63, 3.8) is 0 Å². The average Bonchev–Trinajstić information content (AvgIpc) is 3.04. The van der Waals surface area contributed by atoms with Crippen LogP contribution in [0.4, 0.5) is 0 Å². The third-order valence-corrected chi connectivity index (χ3v) is 8.99. The SMILES string of the molecule is CC(C)[C@@H](C)/C=C/[C@@H](C)[C@H]1CC[C@@H]2/C(=C\C=C3\C[C@@H](O)CC[C@H]3C)CCC[C@]21C. The first-order valence-electron chi connectivity index (χ1n) is 12.5. The van der Waals surface area contributed by atoms with Gasteiger partial charge in [0, 0.05) is 0 Å². The lowest BCUT2D eigenvalue weighted by Gasteiger charge is -2.44. The molecule has 0 unspecified atom stereocenters. The molecule has 7 atom stereocenters. The molecule has 0 aliphatic heterocycles. The van der Waals surface area contributed by atoms with Gasteiger partial charge in [0.2, 0.25) is 0 Å². The molecule has 1 nitrogen and oxygen atoms in total. The van der Waals surface area contributed by atoms with Crippen molar-refractivity contribution in [1.82, 2.24) is 0 Å². The first kappa shape index (κ1) is 22.9. The van der Waals surface area contributed by atoms with Gasteiger partial charge in [-0.15, -0.1) is 0 Å². The van der Waals surface area contributed by atoms with E-state index in [1.165, 1.54) is 37.7 Å². The number of fused-ring (bicyclic) bond motifs is 1. The first-order chi connectivity index (χ1) is 13.7. The molecule has 3 aliphatic carbocycles. The topological polar surface area (TPSA) is 20.2 Å². The van der Waals surface area contributed by atoms with E-state index in [1.807, 2.05) is 0 Å². The molecule has 164 valence electrons. The summed E-state index contributed by atoms with van der Waals surface area (Å²) < 4.78 is 0. The Morgan fingerprint density at radius 1 is 0.966 bits per heavy atom. The molecular weight excluding hydrogens is 352 g/mol. The molecule has 0 heterocycles. The molecule has 1 N–H and O–H groups in total. The monoisotopic (exact) mass is 398 g/mol. The van der Waals surface area contributed by atoms with E-state index in [-0.39, 0.29) is 6.10 Å². The van der Waals surface area contributed by atoms with Crippen LogP contribution < -0.4 is 0 Å². The highest BCUT2D eigenvalue weighted by atomic mass is 16.3. The second-order valence-electron chi connectivity index (χ2n) is 11.3. The smallest absolute Gasteiger partial charge is 0.0577 e. The maximum Gasteiger partial charge on any atom is 0.0577 e. The zero-order chi connectivity index (χ0) is 21.2. The van der Waals surface area contributed by atoms with Crippen LogP contribution in [0.5, 0.6) is 0 Å². The summed E-state index contributed by atoms with van der Waals surface area (Å²) in [5.74, 6) is 4.29. The van der Waals surface area contributed by atoms with Gasteiger partial charge >= 0.3 is 0 Å². The predicted molar refractivity (Wildman–Crippen MR) is 126 cm³/mol. The van der Waals surface area contributed by atoms with Gasteiger partial charge in [-0.25, -0.2) is 0 Å². The molecule has 0 aromatic rings. The Labute approximate surface area is 180 Å². The van der Waals surface area contributed by atoms with E-state index in [1.54, 1.807) is 5.57 Å². The van der Waals surface area contributed by atoms with Crippen molar-refractivity contribution >= 4 is 0 Å². The van der Waals surface area contributed by atoms with Crippen molar-refractivity contribution in [3.8, 4) is 0 Å². The summed E-state index contributed by atoms with van der Waals surface area (Å²) in [6.45, 7) is 14.4. The van der Waals surface area contributed by atoms with Crippen LogP contribution in [0.15, 0.2) is 35.5 Å². The van der Waals surface area contributed by atoms with E-state index in [4.69, 9.17) is 0 Å². The van der Waals surface area contributed by atoms with Crippen molar-refractivity contribution in [3.05, 3.63) is 35.5 Å². The van der Waals surface area contributed by atoms with Crippen LogP contribution >= 0.6 is 0 Å². The fraction of sp³-hybridized carbons (Fsp3) is 0.786. The highest BCUT2D eigenvalue weighted by molar-refractivity contribution is 5.27. The normalized spacial score (nSPS) is 40.7. The molecule has 0 bridgehead atoms. The van der Waals surface area contributed by atoms with Gasteiger partial charge in [-0.2, -0.15) is 0 Å². The number of hydrogen-bond donors (Lipinski definition) is 1. The number of allylic oxidation sites excluding steroid dienone is 5. The van der Waals surface area contributed by atoms with Gasteiger partial charge in [0.25, 0.3) is 0 Å². The third kappa shape index (κ3) is 5.09. The summed E-state index contributed by atoms with van der Waals surface area (Å²) >= 11 is 0. The second kappa shape index (κ2) is 9.54. The maximum absolute atomic E-state index is 10.1. The van der Waals surface area contributed by atoms with E-state index in [0.29, 0.717) is 23.2 Å². The summed E-state index contributed by atoms with van der Waals surface area (Å²) in [4.78, 5) is 0. The van der Waals surface area contributed by atoms with Crippen LogP contribution in [0.25, 0.3) is 0 Å². The second-order valence-corrected chi connectivity index (χ2v) is 11.3. The predicted octanol–water partition coefficient (Wildman–Crippen LogP) is 7.72. The van der Waals surface area contributed by atoms with Gasteiger partial charge in [-0.1, -0.05) is 77.0 Å². The summed E-state index contributed by atoms with van der Waals surface area (Å²) in [6, 6.07) is 0. The Hall–Kier alpha value is -0.820. The Bertz CT molecular complexity index is 639. The lowest BCUT2D eigenvalue weighted by Crippen LogP contribution is -2.35. The van der Waals surface area contributed by atoms with Crippen LogP contribution in [0, 0.1) is 40.9 Å². The van der Waals surface area contributed by atoms with Crippen molar-refractivity contribution in [2.45, 2.75) is 99.0 Å². The Kier molecular flexibility index (Phi) is 7.52. The van der Waals surface area contributed by atoms with E-state index in [9.17, 15) is 5.11 Å². The van der Waals surface area contributed by atoms with Gasteiger partial charge in [-0.3, -0.25) is 0 Å². The number of aliphatic hydroxyl groups excluding tert-OH is 1. The number of hydrogen-bond acceptors (Lipinski definition) is 1. The van der Waals surface area contributed by atoms with Gasteiger partial charge in [0.05, 0.1) is 6.10 Å². The highest BCUT2D eigenvalue weighted by Crippen LogP contribution is 2.59. The maximum atomic E-state index is 10.1. The summed E-state index contributed by atoms with van der Waals surface area (Å²) in [5, 5.41) is 10.1. The van der Waals surface area contributed by atoms with E-state index >= 15 is 0 Å². The molecule has 0 radical (unpaired) electrons. The Morgan fingerprint density at radius 3 is 2.41 bits per heavy atom. The van der Waals surface area contributed by atoms with Crippen LogP contribution in [0.2, 0.25) is 0 Å². The van der Waals surface area contributed by atoms with Gasteiger partial charge < -0.3 is 5.11 Å². The van der Waals surface area contributed by atoms with Crippen molar-refractivity contribution in [1.29, 1.82) is 0 Å². The molecule has 3 fully saturated rings. The molecule has 3 saturated carbocycles. The lowest BCUT2D eigenvalue weighted by atomic mass is 9.61. The van der Waals surface area contributed by atoms with Crippen molar-refractivity contribution < 1.29 is 5.11 Å². The largest absolute Gasteiger partial charge is 0.393 e. The molecule has 0 spiro atoms. The number of aliphatic hydroxyl groups is 1. The third-order valence-electron chi connectivity index (χ3n) is 8.99. The Balaban J connectivity index is 1.74. The molecule has 0 amide bonds. The summed E-state index contributed by atoms with van der Waals surface area (Å²) in [6.07, 6.45) is 19.5. The lowest BCUT2D eigenvalue weighted by molar-refractivity contribution is 0.112. The molecule has 0 aromatic carbocycles. The van der Waals surface area contributed by atoms with E-state index < -0.39 is 0 Å². The molecule has 29 heavy (non-hydrogen) atoms. The van der Waals surface area contributed by atoms with Crippen LogP contribution in [0.1, 0.15) is 92.9 Å². The molecular formula is C28H46O. The minimum absolute atomic E-state index is 0.121. The van der Waals surface area contributed by atoms with E-state index in [0.717, 1.165) is 37.0 Å². The minimum Gasteiger partial charge on any atom is -0.393 e. The first-order valence-corrected chi connectivity index (χ1v) is 12.5. The zero-order valence-electron chi connectivity index (χ0n) is 20.0. The zero-order valence-corrected chi connectivity index (χ0v) is 20.0. The number of rotatable bonds is 5. The minimum atomic E-state index is -0.121. The standard InChI is InChI=1S/C28H46O/c1-19(2)20(3)9-10-22(5)26-15-16-27-23(8-7-17-28(26,27)6)12-13-24-18-25(29)14-11-21(24)4/h9-10,12-13,19-22,25-27,29H,7-8,11,14-18H2,1-6H3/b10-9+,23-12-,24-13-/t20-,21+,22+,25-,26+,27+,28-/m0/s1. The molecule has 3 rings (SSSR count). The Morgan fingerprint density at radius 2 is 1.69 bits per heavy atom. The van der Waals surface area contributed by atoms with E-state index in [2.05, 4.69) is 65.8 Å². The van der Waals surface area contributed by atoms with Crippen LogP contribution in [-0.4, -0.2) is 11.2 Å². The fourth-order valence-corrected chi connectivity index (χ4v) is 6.50. The molecule has 3 aliphatic rings. The van der Waals surface area contributed by atoms with Gasteiger partial charge in [0.15, 0.2) is 0 Å². The van der Waals surface area contributed by atoms with Crippen LogP contribution in [-0.2, 0) is 0 Å². The van der Waals surface area contributed by atoms with Crippen molar-refractivity contribution in [2.24, 2.45) is 40.9 Å². The molecule has 0 aromatic heterocycles. The molecule has 0 saturated heterocycles. The summed E-state index contributed by atoms with van der Waals surface area (Å²) in [5.41, 5.74) is 3.63. The molecule has 1 heteroatoms. The van der Waals surface area contributed by atoms with Crippen molar-refractivity contribution in [2.75, 3.05) is 0 Å². The van der Waals surface area contributed by atoms with Gasteiger partial charge in [-0.05, 0) is 92.3 Å².